The Bertz CT molecular complexity index is 1040. The number of aromatic nitrogens is 1. The summed E-state index contributed by atoms with van der Waals surface area (Å²) in [5.41, 5.74) is 1.94. The predicted molar refractivity (Wildman–Crippen MR) is 110 cm³/mol. The Morgan fingerprint density at radius 3 is 2.50 bits per heavy atom. The van der Waals surface area contributed by atoms with Crippen LogP contribution in [0.2, 0.25) is 10.0 Å². The molecule has 0 saturated carbocycles. The Morgan fingerprint density at radius 2 is 1.82 bits per heavy atom. The zero-order valence-corrected chi connectivity index (χ0v) is 16.6. The molecule has 0 saturated heterocycles. The van der Waals surface area contributed by atoms with Crippen molar-refractivity contribution in [1.82, 2.24) is 9.88 Å². The lowest BCUT2D eigenvalue weighted by Gasteiger charge is -2.38. The number of H-pyrrole nitrogens is 1. The molecule has 0 aliphatic carbocycles. The van der Waals surface area contributed by atoms with Crippen molar-refractivity contribution in [3.05, 3.63) is 63.8 Å². The molecular weight excluding hydrogens is 430 g/mol. The van der Waals surface area contributed by atoms with E-state index in [0.717, 1.165) is 10.3 Å². The summed E-state index contributed by atoms with van der Waals surface area (Å²) in [5.74, 6) is 0. The monoisotopic (exact) mass is 443 g/mol. The molecule has 0 radical (unpaired) electrons. The van der Waals surface area contributed by atoms with Crippen LogP contribution in [-0.4, -0.2) is 27.7 Å². The number of nitrogens with zero attached hydrogens (tertiary/aromatic N) is 1. The fourth-order valence-corrected chi connectivity index (χ4v) is 4.46. The lowest BCUT2D eigenvalue weighted by Crippen LogP contribution is -2.48. The molecule has 1 aliphatic rings. The highest BCUT2D eigenvalue weighted by Gasteiger charge is 2.49. The molecule has 1 atom stereocenters. The fourth-order valence-electron chi connectivity index (χ4n) is 3.62. The van der Waals surface area contributed by atoms with Crippen molar-refractivity contribution in [3.63, 3.8) is 0 Å². The summed E-state index contributed by atoms with van der Waals surface area (Å²) >= 11 is 17.2. The van der Waals surface area contributed by atoms with Gasteiger partial charge in [0, 0.05) is 33.2 Å². The van der Waals surface area contributed by atoms with Crippen LogP contribution in [0.4, 0.5) is 18.9 Å². The third-order valence-corrected chi connectivity index (χ3v) is 5.49. The Kier molecular flexibility index (Phi) is 4.93. The van der Waals surface area contributed by atoms with E-state index >= 15 is 0 Å². The van der Waals surface area contributed by atoms with Gasteiger partial charge in [0.2, 0.25) is 0 Å². The first-order valence-electron chi connectivity index (χ1n) is 8.44. The lowest BCUT2D eigenvalue weighted by molar-refractivity contribution is -0.178. The number of benzene rings is 2. The molecule has 2 N–H and O–H groups in total. The Balaban J connectivity index is 1.71. The van der Waals surface area contributed by atoms with Crippen molar-refractivity contribution in [2.45, 2.75) is 18.6 Å². The first kappa shape index (κ1) is 19.4. The Labute approximate surface area is 174 Å². The number of halogens is 5. The molecule has 3 nitrogen and oxygen atoms in total. The maximum Gasteiger partial charge on any atom is 0.414 e. The molecule has 0 bridgehead atoms. The summed E-state index contributed by atoms with van der Waals surface area (Å²) in [6.45, 7) is 0.138. The smallest absolute Gasteiger partial charge is 0.356 e. The van der Waals surface area contributed by atoms with Crippen LogP contribution in [0.15, 0.2) is 42.5 Å². The van der Waals surface area contributed by atoms with Crippen LogP contribution in [0.25, 0.3) is 10.9 Å². The summed E-state index contributed by atoms with van der Waals surface area (Å²) in [7, 11) is 0. The molecule has 28 heavy (non-hydrogen) atoms. The van der Waals surface area contributed by atoms with E-state index in [1.54, 1.807) is 24.3 Å². The average Bonchev–Trinajstić information content (AvgIpc) is 2.97. The molecule has 146 valence electrons. The van der Waals surface area contributed by atoms with Crippen LogP contribution in [0, 0.1) is 0 Å². The van der Waals surface area contributed by atoms with Gasteiger partial charge >= 0.3 is 6.18 Å². The molecule has 2 heterocycles. The number of rotatable bonds is 1. The van der Waals surface area contributed by atoms with Gasteiger partial charge in [-0.25, -0.2) is 0 Å². The second-order valence-electron chi connectivity index (χ2n) is 6.54. The SMILES string of the molecule is FC(F)(F)[C@H]1c2[nH]c3ccccc3c2CCN1C(=S)Nc1cc(Cl)cc(Cl)c1. The zero-order valence-electron chi connectivity index (χ0n) is 14.3. The molecule has 9 heteroatoms. The molecular formula is C19H14Cl2F3N3S. The second kappa shape index (κ2) is 7.13. The number of alkyl halides is 3. The highest BCUT2D eigenvalue weighted by molar-refractivity contribution is 7.80. The number of thiocarbonyl (C=S) groups is 1. The lowest BCUT2D eigenvalue weighted by atomic mass is 9.97. The van der Waals surface area contributed by atoms with Gasteiger partial charge in [-0.15, -0.1) is 0 Å². The maximum atomic E-state index is 14.0. The first-order valence-corrected chi connectivity index (χ1v) is 9.60. The number of hydrogen-bond acceptors (Lipinski definition) is 1. The van der Waals surface area contributed by atoms with Crippen molar-refractivity contribution in [3.8, 4) is 0 Å². The van der Waals surface area contributed by atoms with Crippen LogP contribution in [0.5, 0.6) is 0 Å². The molecule has 0 spiro atoms. The quantitative estimate of drug-likeness (QED) is 0.430. The summed E-state index contributed by atoms with van der Waals surface area (Å²) < 4.78 is 42.1. The van der Waals surface area contributed by atoms with Crippen LogP contribution in [-0.2, 0) is 6.42 Å². The van der Waals surface area contributed by atoms with Crippen LogP contribution < -0.4 is 5.32 Å². The number of aromatic amines is 1. The molecule has 2 aromatic carbocycles. The number of anilines is 1. The van der Waals surface area contributed by atoms with E-state index in [1.807, 2.05) is 12.1 Å². The number of fused-ring (bicyclic) bond motifs is 3. The largest absolute Gasteiger partial charge is 0.414 e. The second-order valence-corrected chi connectivity index (χ2v) is 7.80. The molecule has 0 unspecified atom stereocenters. The zero-order chi connectivity index (χ0) is 20.1. The topological polar surface area (TPSA) is 31.1 Å². The van der Waals surface area contributed by atoms with Gasteiger partial charge in [-0.05, 0) is 48.5 Å². The van der Waals surface area contributed by atoms with E-state index < -0.39 is 12.2 Å². The minimum absolute atomic E-state index is 0.0371. The standard InChI is InChI=1S/C19H14Cl2F3N3S/c20-10-7-11(21)9-12(8-10)25-18(28)27-6-5-14-13-3-1-2-4-15(13)26-16(14)17(27)19(22,23)24/h1-4,7-9,17,26H,5-6H2,(H,25,28)/t17-/m1/s1. The van der Waals surface area contributed by atoms with Crippen LogP contribution in [0.1, 0.15) is 17.3 Å². The van der Waals surface area contributed by atoms with E-state index in [9.17, 15) is 13.2 Å². The number of para-hydroxylation sites is 1. The first-order chi connectivity index (χ1) is 13.2. The predicted octanol–water partition coefficient (Wildman–Crippen LogP) is 6.33. The molecule has 1 aromatic heterocycles. The third kappa shape index (κ3) is 3.54. The van der Waals surface area contributed by atoms with Gasteiger partial charge in [0.1, 0.15) is 0 Å². The van der Waals surface area contributed by atoms with Gasteiger partial charge in [-0.1, -0.05) is 41.4 Å². The van der Waals surface area contributed by atoms with Crippen LogP contribution in [0.3, 0.4) is 0 Å². The van der Waals surface area contributed by atoms with E-state index in [2.05, 4.69) is 10.3 Å². The minimum Gasteiger partial charge on any atom is -0.356 e. The van der Waals surface area contributed by atoms with Crippen molar-refractivity contribution in [1.29, 1.82) is 0 Å². The van der Waals surface area contributed by atoms with Crippen molar-refractivity contribution < 1.29 is 13.2 Å². The van der Waals surface area contributed by atoms with E-state index in [1.165, 1.54) is 6.07 Å². The summed E-state index contributed by atoms with van der Waals surface area (Å²) in [6, 6.07) is 10.0. The van der Waals surface area contributed by atoms with Crippen molar-refractivity contribution in [2.75, 3.05) is 11.9 Å². The summed E-state index contributed by atoms with van der Waals surface area (Å²) in [5, 5.41) is 4.33. The van der Waals surface area contributed by atoms with Crippen molar-refractivity contribution in [2.24, 2.45) is 0 Å². The van der Waals surface area contributed by atoms with Crippen molar-refractivity contribution >= 4 is 57.1 Å². The molecule has 3 aromatic rings. The number of hydrogen-bond donors (Lipinski definition) is 2. The highest BCUT2D eigenvalue weighted by Crippen LogP contribution is 2.44. The normalized spacial score (nSPS) is 16.9. The van der Waals surface area contributed by atoms with Gasteiger partial charge in [-0.2, -0.15) is 13.2 Å². The minimum atomic E-state index is -4.51. The van der Waals surface area contributed by atoms with E-state index in [4.69, 9.17) is 35.4 Å². The molecule has 1 aliphatic heterocycles. The van der Waals surface area contributed by atoms with Gasteiger partial charge in [0.25, 0.3) is 0 Å². The third-order valence-electron chi connectivity index (χ3n) is 4.72. The highest BCUT2D eigenvalue weighted by atomic mass is 35.5. The van der Waals surface area contributed by atoms with Gasteiger partial charge in [0.15, 0.2) is 11.2 Å². The summed E-state index contributed by atoms with van der Waals surface area (Å²) in [6.07, 6.45) is -4.06. The fraction of sp³-hybridized carbons (Fsp3) is 0.211. The molecule has 0 amide bonds. The van der Waals surface area contributed by atoms with Gasteiger partial charge < -0.3 is 15.2 Å². The Hall–Kier alpha value is -1.96. The summed E-state index contributed by atoms with van der Waals surface area (Å²) in [4.78, 5) is 4.10. The maximum absolute atomic E-state index is 14.0. The average molecular weight is 444 g/mol. The van der Waals surface area contributed by atoms with Gasteiger partial charge in [0.05, 0.1) is 5.69 Å². The van der Waals surface area contributed by atoms with E-state index in [0.29, 0.717) is 33.2 Å². The van der Waals surface area contributed by atoms with Gasteiger partial charge in [-0.3, -0.25) is 0 Å². The Morgan fingerprint density at radius 1 is 1.14 bits per heavy atom. The van der Waals surface area contributed by atoms with Crippen LogP contribution >= 0.6 is 35.4 Å². The molecule has 0 fully saturated rings. The van der Waals surface area contributed by atoms with E-state index in [-0.39, 0.29) is 17.4 Å². The number of nitrogens with one attached hydrogen (secondary N) is 2. The molecule has 4 rings (SSSR count).